The number of ether oxygens (including phenoxy) is 1. The number of nitrogens with zero attached hydrogens (tertiary/aromatic N) is 1. The largest absolute Gasteiger partial charge is 0.507 e. The lowest BCUT2D eigenvalue weighted by Gasteiger charge is -2.07. The summed E-state index contributed by atoms with van der Waals surface area (Å²) in [5.74, 6) is 0.417. The number of benzene rings is 2. The van der Waals surface area contributed by atoms with Crippen LogP contribution < -0.4 is 15.5 Å². The number of hydrogen-bond acceptors (Lipinski definition) is 4. The van der Waals surface area contributed by atoms with Gasteiger partial charge in [0.1, 0.15) is 17.3 Å². The molecule has 2 rings (SSSR count). The van der Waals surface area contributed by atoms with Crippen molar-refractivity contribution in [2.24, 2.45) is 5.10 Å². The van der Waals surface area contributed by atoms with Crippen molar-refractivity contribution in [3.8, 4) is 11.5 Å². The van der Waals surface area contributed by atoms with Crippen molar-refractivity contribution in [1.82, 2.24) is 10.7 Å². The van der Waals surface area contributed by atoms with Crippen molar-refractivity contribution in [2.75, 3.05) is 7.11 Å². The molecule has 0 unspecified atom stereocenters. The van der Waals surface area contributed by atoms with E-state index in [1.165, 1.54) is 24.4 Å². The van der Waals surface area contributed by atoms with Crippen LogP contribution in [-0.2, 0) is 6.54 Å². The molecule has 0 aliphatic heterocycles. The minimum Gasteiger partial charge on any atom is -0.507 e. The topological polar surface area (TPSA) is 65.9 Å². The van der Waals surface area contributed by atoms with Gasteiger partial charge in [-0.05, 0) is 48.1 Å². The lowest BCUT2D eigenvalue weighted by molar-refractivity contribution is 0.412. The second-order valence-electron chi connectivity index (χ2n) is 4.60. The first-order valence-corrected chi connectivity index (χ1v) is 7.17. The number of rotatable bonds is 5. The highest BCUT2D eigenvalue weighted by atomic mass is 32.1. The normalized spacial score (nSPS) is 10.5. The van der Waals surface area contributed by atoms with Crippen LogP contribution in [0, 0.1) is 5.82 Å². The summed E-state index contributed by atoms with van der Waals surface area (Å²) in [6.07, 6.45) is 1.43. The molecule has 0 aliphatic rings. The van der Waals surface area contributed by atoms with Gasteiger partial charge in [0.05, 0.1) is 13.3 Å². The van der Waals surface area contributed by atoms with E-state index in [0.717, 1.165) is 5.56 Å². The van der Waals surface area contributed by atoms with Gasteiger partial charge in [-0.1, -0.05) is 12.1 Å². The van der Waals surface area contributed by atoms with Crippen molar-refractivity contribution in [3.63, 3.8) is 0 Å². The summed E-state index contributed by atoms with van der Waals surface area (Å²) < 4.78 is 17.9. The van der Waals surface area contributed by atoms with Gasteiger partial charge in [0.15, 0.2) is 5.11 Å². The summed E-state index contributed by atoms with van der Waals surface area (Å²) in [5.41, 5.74) is 4.03. The van der Waals surface area contributed by atoms with Gasteiger partial charge in [-0.15, -0.1) is 0 Å². The molecule has 120 valence electrons. The molecule has 0 atom stereocenters. The van der Waals surface area contributed by atoms with Gasteiger partial charge in [0.25, 0.3) is 0 Å². The van der Waals surface area contributed by atoms with Gasteiger partial charge in [0.2, 0.25) is 0 Å². The fraction of sp³-hybridized carbons (Fsp3) is 0.125. The zero-order valence-electron chi connectivity index (χ0n) is 12.4. The maximum absolute atomic E-state index is 12.8. The van der Waals surface area contributed by atoms with Crippen molar-refractivity contribution >= 4 is 23.5 Å². The number of methoxy groups -OCH3 is 1. The Kier molecular flexibility index (Phi) is 5.87. The van der Waals surface area contributed by atoms with Crippen LogP contribution in [0.4, 0.5) is 4.39 Å². The maximum Gasteiger partial charge on any atom is 0.187 e. The second kappa shape index (κ2) is 8.09. The van der Waals surface area contributed by atoms with Crippen molar-refractivity contribution in [3.05, 3.63) is 59.4 Å². The highest BCUT2D eigenvalue weighted by molar-refractivity contribution is 7.80. The number of aromatic hydroxyl groups is 1. The molecular weight excluding hydrogens is 317 g/mol. The second-order valence-corrected chi connectivity index (χ2v) is 5.01. The van der Waals surface area contributed by atoms with Crippen LogP contribution in [-0.4, -0.2) is 23.5 Å². The first kappa shape index (κ1) is 16.7. The van der Waals surface area contributed by atoms with Crippen molar-refractivity contribution < 1.29 is 14.2 Å². The van der Waals surface area contributed by atoms with E-state index < -0.39 is 0 Å². The van der Waals surface area contributed by atoms with Crippen LogP contribution >= 0.6 is 12.2 Å². The zero-order chi connectivity index (χ0) is 16.7. The van der Waals surface area contributed by atoms with Crippen LogP contribution in [0.2, 0.25) is 0 Å². The number of hydrazone groups is 1. The van der Waals surface area contributed by atoms with Crippen LogP contribution in [0.15, 0.2) is 47.6 Å². The monoisotopic (exact) mass is 333 g/mol. The molecule has 0 aromatic heterocycles. The Morgan fingerprint density at radius 3 is 2.74 bits per heavy atom. The highest BCUT2D eigenvalue weighted by Crippen LogP contribution is 2.20. The molecule has 5 nitrogen and oxygen atoms in total. The van der Waals surface area contributed by atoms with E-state index in [0.29, 0.717) is 23.0 Å². The van der Waals surface area contributed by atoms with E-state index in [1.807, 2.05) is 0 Å². The molecule has 0 spiro atoms. The Morgan fingerprint density at radius 2 is 2.04 bits per heavy atom. The molecular formula is C16H16FN3O2S. The number of hydrogen-bond donors (Lipinski definition) is 3. The Bertz CT molecular complexity index is 705. The summed E-state index contributed by atoms with van der Waals surface area (Å²) in [7, 11) is 1.54. The first-order chi connectivity index (χ1) is 11.1. The van der Waals surface area contributed by atoms with Gasteiger partial charge in [0, 0.05) is 12.1 Å². The maximum atomic E-state index is 12.8. The SMILES string of the molecule is COc1ccc(O)c(/C=N/NC(=S)NCc2ccc(F)cc2)c1. The molecule has 0 aliphatic carbocycles. The molecule has 0 saturated heterocycles. The molecule has 0 bridgehead atoms. The third kappa shape index (κ3) is 5.23. The molecule has 7 heteroatoms. The summed E-state index contributed by atoms with van der Waals surface area (Å²) in [4.78, 5) is 0. The Labute approximate surface area is 138 Å². The smallest absolute Gasteiger partial charge is 0.187 e. The number of thiocarbonyl (C=S) groups is 1. The van der Waals surface area contributed by atoms with E-state index in [2.05, 4.69) is 15.8 Å². The fourth-order valence-corrected chi connectivity index (χ4v) is 1.87. The lowest BCUT2D eigenvalue weighted by Crippen LogP contribution is -2.31. The molecule has 2 aromatic rings. The molecule has 0 heterocycles. The molecule has 23 heavy (non-hydrogen) atoms. The van der Waals surface area contributed by atoms with Gasteiger partial charge in [-0.25, -0.2) is 4.39 Å². The average Bonchev–Trinajstić information content (AvgIpc) is 2.56. The molecule has 0 fully saturated rings. The highest BCUT2D eigenvalue weighted by Gasteiger charge is 2.01. The van der Waals surface area contributed by atoms with Crippen LogP contribution in [0.3, 0.4) is 0 Å². The number of nitrogens with one attached hydrogen (secondary N) is 2. The summed E-state index contributed by atoms with van der Waals surface area (Å²) in [5, 5.41) is 16.9. The fourth-order valence-electron chi connectivity index (χ4n) is 1.75. The van der Waals surface area contributed by atoms with Crippen molar-refractivity contribution in [2.45, 2.75) is 6.54 Å². The average molecular weight is 333 g/mol. The Hall–Kier alpha value is -2.67. The summed E-state index contributed by atoms with van der Waals surface area (Å²) in [6, 6.07) is 10.9. The van der Waals surface area contributed by atoms with Gasteiger partial charge < -0.3 is 15.2 Å². The predicted octanol–water partition coefficient (Wildman–Crippen LogP) is 2.54. The minimum atomic E-state index is -0.280. The summed E-state index contributed by atoms with van der Waals surface area (Å²) >= 11 is 5.08. The standard InChI is InChI=1S/C16H16FN3O2S/c1-22-14-6-7-15(21)12(8-14)10-19-20-16(23)18-9-11-2-4-13(17)5-3-11/h2-8,10,21H,9H2,1H3,(H2,18,20,23)/b19-10+. The third-order valence-corrected chi connectivity index (χ3v) is 3.21. The third-order valence-electron chi connectivity index (χ3n) is 2.97. The van der Waals surface area contributed by atoms with Crippen molar-refractivity contribution in [1.29, 1.82) is 0 Å². The van der Waals surface area contributed by atoms with E-state index in [1.54, 1.807) is 31.4 Å². The van der Waals surface area contributed by atoms with Gasteiger partial charge >= 0.3 is 0 Å². The van der Waals surface area contributed by atoms with E-state index in [9.17, 15) is 9.50 Å². The molecule has 2 aromatic carbocycles. The zero-order valence-corrected chi connectivity index (χ0v) is 13.2. The first-order valence-electron chi connectivity index (χ1n) is 6.77. The number of phenols is 1. The molecule has 0 radical (unpaired) electrons. The van der Waals surface area contributed by atoms with Gasteiger partial charge in [-0.3, -0.25) is 5.43 Å². The summed E-state index contributed by atoms with van der Waals surface area (Å²) in [6.45, 7) is 0.450. The quantitative estimate of drug-likeness (QED) is 0.446. The minimum absolute atomic E-state index is 0.0848. The predicted molar refractivity (Wildman–Crippen MR) is 91.2 cm³/mol. The number of halogens is 1. The van der Waals surface area contributed by atoms with Crippen LogP contribution in [0.5, 0.6) is 11.5 Å². The number of phenolic OH excluding ortho intramolecular Hbond substituents is 1. The Balaban J connectivity index is 1.85. The van der Waals surface area contributed by atoms with Crippen LogP contribution in [0.1, 0.15) is 11.1 Å². The van der Waals surface area contributed by atoms with Crippen LogP contribution in [0.25, 0.3) is 0 Å². The van der Waals surface area contributed by atoms with E-state index in [4.69, 9.17) is 17.0 Å². The Morgan fingerprint density at radius 1 is 1.30 bits per heavy atom. The van der Waals surface area contributed by atoms with Gasteiger partial charge in [-0.2, -0.15) is 5.10 Å². The molecule has 0 amide bonds. The van der Waals surface area contributed by atoms with E-state index in [-0.39, 0.29) is 11.6 Å². The van der Waals surface area contributed by atoms with E-state index >= 15 is 0 Å². The lowest BCUT2D eigenvalue weighted by atomic mass is 10.2. The molecule has 0 saturated carbocycles. The molecule has 3 N–H and O–H groups in total.